The van der Waals surface area contributed by atoms with Crippen LogP contribution < -0.4 is 11.1 Å². The molecule has 1 atom stereocenters. The third-order valence-corrected chi connectivity index (χ3v) is 4.30. The second kappa shape index (κ2) is 10.7. The highest BCUT2D eigenvalue weighted by Gasteiger charge is 2.31. The van der Waals surface area contributed by atoms with Crippen molar-refractivity contribution in [3.8, 4) is 0 Å². The molecule has 0 aromatic heterocycles. The Morgan fingerprint density at radius 3 is 2.33 bits per heavy atom. The molecule has 6 nitrogen and oxygen atoms in total. The maximum Gasteiger partial charge on any atom is 0.245 e. The fraction of sp³-hybridized carbons (Fsp3) is 0.889. The van der Waals surface area contributed by atoms with Gasteiger partial charge in [0.2, 0.25) is 11.8 Å². The van der Waals surface area contributed by atoms with E-state index in [4.69, 9.17) is 10.5 Å². The molecule has 0 aromatic carbocycles. The van der Waals surface area contributed by atoms with Crippen molar-refractivity contribution in [2.45, 2.75) is 65.5 Å². The van der Waals surface area contributed by atoms with Gasteiger partial charge in [0.1, 0.15) is 6.04 Å². The van der Waals surface area contributed by atoms with E-state index in [-0.39, 0.29) is 29.8 Å². The van der Waals surface area contributed by atoms with Gasteiger partial charge in [-0.15, -0.1) is 0 Å². The highest BCUT2D eigenvalue weighted by atomic mass is 16.5. The number of carbonyl (C=O) groups excluding carboxylic acids is 2. The van der Waals surface area contributed by atoms with Crippen LogP contribution >= 0.6 is 0 Å². The van der Waals surface area contributed by atoms with Gasteiger partial charge >= 0.3 is 0 Å². The van der Waals surface area contributed by atoms with Gasteiger partial charge in [0.25, 0.3) is 0 Å². The van der Waals surface area contributed by atoms with Gasteiger partial charge in [0.15, 0.2) is 0 Å². The van der Waals surface area contributed by atoms with Gasteiger partial charge in [-0.1, -0.05) is 27.7 Å². The molecule has 24 heavy (non-hydrogen) atoms. The van der Waals surface area contributed by atoms with E-state index in [1.807, 2.05) is 32.6 Å². The summed E-state index contributed by atoms with van der Waals surface area (Å²) < 4.78 is 5.78. The third-order valence-electron chi connectivity index (χ3n) is 4.30. The maximum atomic E-state index is 12.8. The summed E-state index contributed by atoms with van der Waals surface area (Å²) in [6, 6.07) is -0.439. The topological polar surface area (TPSA) is 84.7 Å². The van der Waals surface area contributed by atoms with Crippen LogP contribution in [0.1, 0.15) is 53.4 Å². The largest absolute Gasteiger partial charge is 0.378 e. The molecule has 0 spiro atoms. The van der Waals surface area contributed by atoms with Gasteiger partial charge in [0, 0.05) is 26.1 Å². The van der Waals surface area contributed by atoms with Crippen LogP contribution in [-0.4, -0.2) is 55.1 Å². The van der Waals surface area contributed by atoms with E-state index in [2.05, 4.69) is 5.32 Å². The summed E-state index contributed by atoms with van der Waals surface area (Å²) in [4.78, 5) is 26.7. The number of amides is 2. The molecule has 3 N–H and O–H groups in total. The fourth-order valence-electron chi connectivity index (χ4n) is 2.89. The van der Waals surface area contributed by atoms with Crippen molar-refractivity contribution in [3.63, 3.8) is 0 Å². The minimum absolute atomic E-state index is 0.0301. The second-order valence-corrected chi connectivity index (χ2v) is 7.42. The lowest BCUT2D eigenvalue weighted by Crippen LogP contribution is -2.53. The minimum atomic E-state index is -0.439. The highest BCUT2D eigenvalue weighted by Crippen LogP contribution is 2.17. The first-order valence-electron chi connectivity index (χ1n) is 9.25. The number of nitrogens with zero attached hydrogens (tertiary/aromatic N) is 1. The lowest BCUT2D eigenvalue weighted by molar-refractivity contribution is -0.140. The van der Waals surface area contributed by atoms with Crippen LogP contribution in [0.4, 0.5) is 0 Å². The predicted octanol–water partition coefficient (Wildman–Crippen LogP) is 1.53. The van der Waals surface area contributed by atoms with E-state index in [0.29, 0.717) is 32.7 Å². The van der Waals surface area contributed by atoms with Crippen molar-refractivity contribution in [3.05, 3.63) is 0 Å². The summed E-state index contributed by atoms with van der Waals surface area (Å²) in [5.74, 6) is 0.348. The minimum Gasteiger partial charge on any atom is -0.378 e. The lowest BCUT2D eigenvalue weighted by Gasteiger charge is -2.35. The molecule has 2 amide bonds. The van der Waals surface area contributed by atoms with Gasteiger partial charge in [-0.3, -0.25) is 9.59 Å². The first kappa shape index (κ1) is 20.9. The molecule has 1 unspecified atom stereocenters. The number of hydrogen-bond donors (Lipinski definition) is 2. The van der Waals surface area contributed by atoms with Crippen molar-refractivity contribution < 1.29 is 14.3 Å². The zero-order valence-corrected chi connectivity index (χ0v) is 15.7. The number of ether oxygens (including phenoxy) is 1. The molecule has 0 saturated carbocycles. The molecule has 1 saturated heterocycles. The van der Waals surface area contributed by atoms with Crippen LogP contribution in [0.3, 0.4) is 0 Å². The van der Waals surface area contributed by atoms with Gasteiger partial charge in [-0.2, -0.15) is 0 Å². The first-order chi connectivity index (χ1) is 11.3. The Morgan fingerprint density at radius 1 is 1.21 bits per heavy atom. The number of hydrogen-bond acceptors (Lipinski definition) is 4. The molecule has 1 fully saturated rings. The predicted molar refractivity (Wildman–Crippen MR) is 95.4 cm³/mol. The molecule has 1 rings (SSSR count). The zero-order valence-electron chi connectivity index (χ0n) is 15.7. The normalized spacial score (nSPS) is 17.4. The highest BCUT2D eigenvalue weighted by molar-refractivity contribution is 5.88. The standard InChI is InChI=1S/C18H35N3O3/c1-13(2)12-16(22)20-17(14(3)4)18(23)21-9-6-15(7-10-21)24-11-5-8-19/h13-15,17H,5-12,19H2,1-4H3,(H,20,22). The van der Waals surface area contributed by atoms with Crippen LogP contribution in [0.2, 0.25) is 0 Å². The number of nitrogens with two attached hydrogens (primary N) is 1. The molecule has 0 radical (unpaired) electrons. The Morgan fingerprint density at radius 2 is 1.83 bits per heavy atom. The Hall–Kier alpha value is -1.14. The Bertz CT molecular complexity index is 391. The molecule has 1 heterocycles. The van der Waals surface area contributed by atoms with Gasteiger partial charge in [-0.25, -0.2) is 0 Å². The molecule has 0 aliphatic carbocycles. The summed E-state index contributed by atoms with van der Waals surface area (Å²) in [6.45, 7) is 10.7. The third kappa shape index (κ3) is 7.18. The molecule has 0 bridgehead atoms. The number of piperidine rings is 1. The summed E-state index contributed by atoms with van der Waals surface area (Å²) in [5.41, 5.74) is 5.47. The number of nitrogens with one attached hydrogen (secondary N) is 1. The monoisotopic (exact) mass is 341 g/mol. The van der Waals surface area contributed by atoms with Crippen LogP contribution in [0.15, 0.2) is 0 Å². The fourth-order valence-corrected chi connectivity index (χ4v) is 2.89. The van der Waals surface area contributed by atoms with Crippen molar-refractivity contribution in [2.75, 3.05) is 26.2 Å². The summed E-state index contributed by atoms with van der Waals surface area (Å²) in [5, 5.41) is 2.92. The molecular formula is C18H35N3O3. The van der Waals surface area contributed by atoms with Gasteiger partial charge in [0.05, 0.1) is 6.10 Å². The summed E-state index contributed by atoms with van der Waals surface area (Å²) >= 11 is 0. The average Bonchev–Trinajstić information content (AvgIpc) is 2.52. The summed E-state index contributed by atoms with van der Waals surface area (Å²) in [6.07, 6.45) is 3.24. The van der Waals surface area contributed by atoms with Gasteiger partial charge < -0.3 is 20.7 Å². The van der Waals surface area contributed by atoms with Crippen molar-refractivity contribution in [2.24, 2.45) is 17.6 Å². The van der Waals surface area contributed by atoms with E-state index >= 15 is 0 Å². The van der Waals surface area contributed by atoms with E-state index in [1.54, 1.807) is 0 Å². The maximum absolute atomic E-state index is 12.8. The van der Waals surface area contributed by atoms with Crippen LogP contribution in [0.5, 0.6) is 0 Å². The Labute approximate surface area is 146 Å². The van der Waals surface area contributed by atoms with E-state index in [9.17, 15) is 9.59 Å². The average molecular weight is 341 g/mol. The second-order valence-electron chi connectivity index (χ2n) is 7.42. The van der Waals surface area contributed by atoms with E-state index in [0.717, 1.165) is 19.3 Å². The summed E-state index contributed by atoms with van der Waals surface area (Å²) in [7, 11) is 0. The van der Waals surface area contributed by atoms with Gasteiger partial charge in [-0.05, 0) is 37.6 Å². The Balaban J connectivity index is 2.49. The molecule has 140 valence electrons. The number of carbonyl (C=O) groups is 2. The van der Waals surface area contributed by atoms with Crippen LogP contribution in [-0.2, 0) is 14.3 Å². The number of rotatable bonds is 9. The van der Waals surface area contributed by atoms with Crippen LogP contribution in [0.25, 0.3) is 0 Å². The van der Waals surface area contributed by atoms with Crippen molar-refractivity contribution >= 4 is 11.8 Å². The van der Waals surface area contributed by atoms with Crippen molar-refractivity contribution in [1.29, 1.82) is 0 Å². The van der Waals surface area contributed by atoms with Crippen LogP contribution in [0, 0.1) is 11.8 Å². The van der Waals surface area contributed by atoms with Crippen molar-refractivity contribution in [1.82, 2.24) is 10.2 Å². The molecule has 1 aliphatic rings. The molecular weight excluding hydrogens is 306 g/mol. The molecule has 6 heteroatoms. The molecule has 1 aliphatic heterocycles. The number of likely N-dealkylation sites (tertiary alicyclic amines) is 1. The lowest BCUT2D eigenvalue weighted by atomic mass is 9.99. The van der Waals surface area contributed by atoms with E-state index in [1.165, 1.54) is 0 Å². The van der Waals surface area contributed by atoms with E-state index < -0.39 is 6.04 Å². The smallest absolute Gasteiger partial charge is 0.245 e. The first-order valence-corrected chi connectivity index (χ1v) is 9.25. The SMILES string of the molecule is CC(C)CC(=O)NC(C(=O)N1CCC(OCCCN)CC1)C(C)C. The Kier molecular flexibility index (Phi) is 9.29. The molecule has 0 aromatic rings. The quantitative estimate of drug-likeness (QED) is 0.623. The zero-order chi connectivity index (χ0) is 18.1.